The molecule has 0 bridgehead atoms. The number of aliphatic hydroxyl groups excluding tert-OH is 1. The van der Waals surface area contributed by atoms with Crippen LogP contribution in [0.15, 0.2) is 18.5 Å². The van der Waals surface area contributed by atoms with Gasteiger partial charge in [-0.15, -0.1) is 0 Å². The van der Waals surface area contributed by atoms with Crippen LogP contribution < -0.4 is 10.6 Å². The minimum absolute atomic E-state index is 0.388. The highest BCUT2D eigenvalue weighted by Gasteiger charge is 2.29. The predicted molar refractivity (Wildman–Crippen MR) is 119 cm³/mol. The molecule has 1 aromatic carbocycles. The molecular weight excluding hydrogens is 409 g/mol. The SMILES string of the molecule is CC1CCCC(N[C@@H]2CCN(C(O)CNc3ncnc4cc(Cl)c(Cl)cc34)C2)C1. The zero-order valence-electron chi connectivity index (χ0n) is 16.7. The number of nitrogens with zero attached hydrogens (tertiary/aromatic N) is 3. The second-order valence-corrected chi connectivity index (χ2v) is 9.30. The van der Waals surface area contributed by atoms with Crippen LogP contribution in [-0.4, -0.2) is 57.9 Å². The number of benzene rings is 1. The van der Waals surface area contributed by atoms with E-state index >= 15 is 0 Å². The van der Waals surface area contributed by atoms with Gasteiger partial charge in [-0.25, -0.2) is 9.97 Å². The molecule has 2 aromatic rings. The third-order valence-corrected chi connectivity index (χ3v) is 6.90. The number of hydrogen-bond acceptors (Lipinski definition) is 6. The Hall–Kier alpha value is -1.18. The summed E-state index contributed by atoms with van der Waals surface area (Å²) in [4.78, 5) is 10.7. The van der Waals surface area contributed by atoms with Crippen molar-refractivity contribution in [2.24, 2.45) is 5.92 Å². The van der Waals surface area contributed by atoms with Gasteiger partial charge in [-0.05, 0) is 37.3 Å². The van der Waals surface area contributed by atoms with Crippen LogP contribution in [0.1, 0.15) is 39.0 Å². The van der Waals surface area contributed by atoms with Crippen molar-refractivity contribution in [1.29, 1.82) is 0 Å². The number of nitrogens with one attached hydrogen (secondary N) is 2. The Bertz CT molecular complexity index is 851. The number of hydrogen-bond donors (Lipinski definition) is 3. The standard InChI is InChI=1S/C21H29Cl2N5O/c1-13-3-2-4-14(7-13)27-15-5-6-28(11-15)20(29)10-24-21-16-8-17(22)18(23)9-19(16)25-12-26-21/h8-9,12-15,20,27,29H,2-7,10-11H2,1H3,(H,24,25,26)/t13?,14?,15-,20?/m1/s1. The van der Waals surface area contributed by atoms with E-state index in [-0.39, 0.29) is 0 Å². The molecule has 4 rings (SSSR count). The highest BCUT2D eigenvalue weighted by molar-refractivity contribution is 6.42. The van der Waals surface area contributed by atoms with Gasteiger partial charge in [0, 0.05) is 30.6 Å². The lowest BCUT2D eigenvalue weighted by molar-refractivity contribution is 0.0297. The molecule has 8 heteroatoms. The molecule has 158 valence electrons. The largest absolute Gasteiger partial charge is 0.377 e. The van der Waals surface area contributed by atoms with Crippen LogP contribution in [-0.2, 0) is 0 Å². The van der Waals surface area contributed by atoms with Crippen LogP contribution in [0.4, 0.5) is 5.82 Å². The van der Waals surface area contributed by atoms with Gasteiger partial charge in [-0.1, -0.05) is 43.0 Å². The number of halogens is 2. The number of rotatable bonds is 6. The lowest BCUT2D eigenvalue weighted by Crippen LogP contribution is -2.44. The second kappa shape index (κ2) is 9.31. The molecule has 1 aliphatic heterocycles. The highest BCUT2D eigenvalue weighted by atomic mass is 35.5. The van der Waals surface area contributed by atoms with Crippen molar-refractivity contribution in [3.63, 3.8) is 0 Å². The quantitative estimate of drug-likeness (QED) is 0.635. The molecule has 6 nitrogen and oxygen atoms in total. The van der Waals surface area contributed by atoms with Crippen LogP contribution in [0.25, 0.3) is 10.9 Å². The van der Waals surface area contributed by atoms with Gasteiger partial charge in [-0.3, -0.25) is 4.90 Å². The molecule has 3 N–H and O–H groups in total. The van der Waals surface area contributed by atoms with E-state index in [1.807, 2.05) is 0 Å². The molecule has 1 aromatic heterocycles. The van der Waals surface area contributed by atoms with Gasteiger partial charge in [0.25, 0.3) is 0 Å². The molecule has 2 aliphatic rings. The molecule has 0 radical (unpaired) electrons. The molecule has 29 heavy (non-hydrogen) atoms. The Morgan fingerprint density at radius 2 is 2.00 bits per heavy atom. The second-order valence-electron chi connectivity index (χ2n) is 8.48. The fourth-order valence-electron chi connectivity index (χ4n) is 4.62. The van der Waals surface area contributed by atoms with Gasteiger partial charge in [0.05, 0.1) is 22.1 Å². The molecule has 4 atom stereocenters. The van der Waals surface area contributed by atoms with Crippen molar-refractivity contribution in [3.8, 4) is 0 Å². The molecule has 3 unspecified atom stereocenters. The molecule has 1 aliphatic carbocycles. The van der Waals surface area contributed by atoms with Gasteiger partial charge in [-0.2, -0.15) is 0 Å². The molecule has 1 saturated carbocycles. The Morgan fingerprint density at radius 3 is 2.83 bits per heavy atom. The fraction of sp³-hybridized carbons (Fsp3) is 0.619. The van der Waals surface area contributed by atoms with E-state index in [1.165, 1.54) is 32.0 Å². The lowest BCUT2D eigenvalue weighted by atomic mass is 9.87. The van der Waals surface area contributed by atoms with E-state index in [2.05, 4.69) is 32.4 Å². The minimum Gasteiger partial charge on any atom is -0.377 e. The van der Waals surface area contributed by atoms with Gasteiger partial charge in [0.15, 0.2) is 0 Å². The summed E-state index contributed by atoms with van der Waals surface area (Å²) in [6, 6.07) is 4.57. The van der Waals surface area contributed by atoms with Gasteiger partial charge >= 0.3 is 0 Å². The minimum atomic E-state index is -0.570. The maximum Gasteiger partial charge on any atom is 0.137 e. The van der Waals surface area contributed by atoms with Gasteiger partial charge < -0.3 is 15.7 Å². The van der Waals surface area contributed by atoms with Crippen molar-refractivity contribution in [2.75, 3.05) is 25.0 Å². The summed E-state index contributed by atoms with van der Waals surface area (Å²) in [6.07, 6.45) is 7.22. The summed E-state index contributed by atoms with van der Waals surface area (Å²) in [7, 11) is 0. The third-order valence-electron chi connectivity index (χ3n) is 6.18. The van der Waals surface area contributed by atoms with Crippen molar-refractivity contribution in [2.45, 2.75) is 57.3 Å². The number of fused-ring (bicyclic) bond motifs is 1. The molecule has 0 spiro atoms. The Balaban J connectivity index is 1.32. The molecule has 0 amide bonds. The van der Waals surface area contributed by atoms with Crippen molar-refractivity contribution >= 4 is 39.9 Å². The van der Waals surface area contributed by atoms with E-state index in [1.54, 1.807) is 12.1 Å². The first kappa shape index (κ1) is 21.1. The summed E-state index contributed by atoms with van der Waals surface area (Å²) < 4.78 is 0. The van der Waals surface area contributed by atoms with Crippen LogP contribution in [0.2, 0.25) is 10.0 Å². The Kier molecular flexibility index (Phi) is 6.76. The van der Waals surface area contributed by atoms with E-state index in [4.69, 9.17) is 23.2 Å². The first-order valence-corrected chi connectivity index (χ1v) is 11.3. The maximum absolute atomic E-state index is 10.7. The maximum atomic E-state index is 10.7. The molecule has 2 heterocycles. The van der Waals surface area contributed by atoms with Crippen LogP contribution in [0.5, 0.6) is 0 Å². The average molecular weight is 438 g/mol. The van der Waals surface area contributed by atoms with Crippen molar-refractivity contribution < 1.29 is 5.11 Å². The van der Waals surface area contributed by atoms with Crippen LogP contribution in [0.3, 0.4) is 0 Å². The third kappa shape index (κ3) is 5.12. The smallest absolute Gasteiger partial charge is 0.137 e. The number of aromatic nitrogens is 2. The molecular formula is C21H29Cl2N5O. The van der Waals surface area contributed by atoms with Crippen LogP contribution in [0, 0.1) is 5.92 Å². The van der Waals surface area contributed by atoms with E-state index in [0.29, 0.717) is 34.5 Å². The van der Waals surface area contributed by atoms with E-state index < -0.39 is 6.23 Å². The Labute approximate surface area is 182 Å². The molecule has 1 saturated heterocycles. The zero-order valence-corrected chi connectivity index (χ0v) is 18.3. The van der Waals surface area contributed by atoms with Gasteiger partial charge in [0.2, 0.25) is 0 Å². The van der Waals surface area contributed by atoms with Crippen molar-refractivity contribution in [1.82, 2.24) is 20.2 Å². The summed E-state index contributed by atoms with van der Waals surface area (Å²) in [5.74, 6) is 1.47. The average Bonchev–Trinajstić information content (AvgIpc) is 3.16. The topological polar surface area (TPSA) is 73.3 Å². The summed E-state index contributed by atoms with van der Waals surface area (Å²) in [5.41, 5.74) is 0.721. The zero-order chi connectivity index (χ0) is 20.4. The number of likely N-dealkylation sites (tertiary alicyclic amines) is 1. The van der Waals surface area contributed by atoms with Crippen molar-refractivity contribution in [3.05, 3.63) is 28.5 Å². The number of aliphatic hydroxyl groups is 1. The fourth-order valence-corrected chi connectivity index (χ4v) is 4.94. The van der Waals surface area contributed by atoms with E-state index in [9.17, 15) is 5.11 Å². The first-order chi connectivity index (χ1) is 14.0. The lowest BCUT2D eigenvalue weighted by Gasteiger charge is -2.30. The van der Waals surface area contributed by atoms with Gasteiger partial charge in [0.1, 0.15) is 18.4 Å². The Morgan fingerprint density at radius 1 is 1.17 bits per heavy atom. The predicted octanol–water partition coefficient (Wildman–Crippen LogP) is 3.91. The summed E-state index contributed by atoms with van der Waals surface area (Å²) in [6.45, 7) is 4.51. The normalized spacial score (nSPS) is 26.7. The highest BCUT2D eigenvalue weighted by Crippen LogP contribution is 2.30. The monoisotopic (exact) mass is 437 g/mol. The number of anilines is 1. The summed E-state index contributed by atoms with van der Waals surface area (Å²) >= 11 is 12.2. The molecule has 2 fully saturated rings. The van der Waals surface area contributed by atoms with E-state index in [0.717, 1.165) is 36.3 Å². The summed E-state index contributed by atoms with van der Waals surface area (Å²) in [5, 5.41) is 19.5. The van der Waals surface area contributed by atoms with Crippen LogP contribution >= 0.6 is 23.2 Å². The first-order valence-electron chi connectivity index (χ1n) is 10.5.